The van der Waals surface area contributed by atoms with Crippen molar-refractivity contribution in [1.82, 2.24) is 14.8 Å². The quantitative estimate of drug-likeness (QED) is 0.799. The average Bonchev–Trinajstić information content (AvgIpc) is 3.20. The van der Waals surface area contributed by atoms with E-state index in [0.29, 0.717) is 17.6 Å². The van der Waals surface area contributed by atoms with Crippen molar-refractivity contribution < 1.29 is 9.90 Å². The van der Waals surface area contributed by atoms with E-state index >= 15 is 0 Å². The highest BCUT2D eigenvalue weighted by atomic mass is 32.1. The maximum atomic E-state index is 11.9. The van der Waals surface area contributed by atoms with Gasteiger partial charge in [0.1, 0.15) is 0 Å². The molecular weight excluding hydrogens is 288 g/mol. The van der Waals surface area contributed by atoms with Crippen molar-refractivity contribution in [2.45, 2.75) is 18.9 Å². The van der Waals surface area contributed by atoms with E-state index in [1.54, 1.807) is 6.20 Å². The van der Waals surface area contributed by atoms with E-state index in [9.17, 15) is 9.90 Å². The van der Waals surface area contributed by atoms with Crippen molar-refractivity contribution in [2.24, 2.45) is 5.92 Å². The van der Waals surface area contributed by atoms with Crippen LogP contribution in [0.25, 0.3) is 0 Å². The molecule has 6 nitrogen and oxygen atoms in total. The minimum Gasteiger partial charge on any atom is -0.392 e. The number of nitrogens with one attached hydrogen (secondary N) is 1. The van der Waals surface area contributed by atoms with Crippen molar-refractivity contribution in [1.29, 1.82) is 0 Å². The second-order valence-corrected chi connectivity index (χ2v) is 6.76. The number of aromatic nitrogens is 1. The summed E-state index contributed by atoms with van der Waals surface area (Å²) in [6.45, 7) is 4.80. The van der Waals surface area contributed by atoms with Gasteiger partial charge in [-0.25, -0.2) is 4.98 Å². The molecule has 1 aliphatic carbocycles. The molecular formula is C14H22N4O2S. The van der Waals surface area contributed by atoms with E-state index in [4.69, 9.17) is 0 Å². The summed E-state index contributed by atoms with van der Waals surface area (Å²) in [5, 5.41) is 15.3. The van der Waals surface area contributed by atoms with Gasteiger partial charge in [0.15, 0.2) is 5.13 Å². The second-order valence-electron chi connectivity index (χ2n) is 5.87. The van der Waals surface area contributed by atoms with E-state index in [0.717, 1.165) is 32.7 Å². The van der Waals surface area contributed by atoms with Crippen LogP contribution in [-0.4, -0.2) is 71.2 Å². The zero-order valence-electron chi connectivity index (χ0n) is 12.1. The molecule has 0 unspecified atom stereocenters. The number of carbonyl (C=O) groups is 1. The van der Waals surface area contributed by atoms with Crippen LogP contribution in [0.2, 0.25) is 0 Å². The Morgan fingerprint density at radius 3 is 2.71 bits per heavy atom. The molecule has 2 fully saturated rings. The summed E-state index contributed by atoms with van der Waals surface area (Å²) in [5.74, 6) is 0.531. The van der Waals surface area contributed by atoms with Crippen LogP contribution >= 0.6 is 11.3 Å². The van der Waals surface area contributed by atoms with Crippen LogP contribution in [0.1, 0.15) is 12.8 Å². The first-order chi connectivity index (χ1) is 10.2. The van der Waals surface area contributed by atoms with Crippen molar-refractivity contribution in [3.05, 3.63) is 11.6 Å². The number of carbonyl (C=O) groups excluding carboxylic acids is 1. The topological polar surface area (TPSA) is 68.7 Å². The zero-order chi connectivity index (χ0) is 14.7. The summed E-state index contributed by atoms with van der Waals surface area (Å²) in [4.78, 5) is 20.4. The molecule has 1 aromatic rings. The van der Waals surface area contributed by atoms with Crippen molar-refractivity contribution >= 4 is 22.4 Å². The summed E-state index contributed by atoms with van der Waals surface area (Å²) < 4.78 is 0. The van der Waals surface area contributed by atoms with Crippen LogP contribution in [-0.2, 0) is 4.79 Å². The van der Waals surface area contributed by atoms with E-state index in [2.05, 4.69) is 20.1 Å². The van der Waals surface area contributed by atoms with Crippen LogP contribution in [0, 0.1) is 5.92 Å². The Bertz CT molecular complexity index is 456. The number of thiazole rings is 1. The number of rotatable bonds is 6. The second kappa shape index (κ2) is 6.83. The molecule has 1 aromatic heterocycles. The molecule has 21 heavy (non-hydrogen) atoms. The minimum absolute atomic E-state index is 0.00332. The number of nitrogens with zero attached hydrogens (tertiary/aromatic N) is 3. The number of hydrogen-bond donors (Lipinski definition) is 2. The molecule has 2 aliphatic rings. The molecule has 2 heterocycles. The lowest BCUT2D eigenvalue weighted by atomic mass is 10.2. The Hall–Kier alpha value is -1.02. The van der Waals surface area contributed by atoms with Gasteiger partial charge in [-0.2, -0.15) is 0 Å². The van der Waals surface area contributed by atoms with E-state index in [1.807, 2.05) is 5.38 Å². The smallest absolute Gasteiger partial charge is 0.240 e. The molecule has 7 heteroatoms. The molecule has 1 amide bonds. The molecule has 116 valence electrons. The predicted molar refractivity (Wildman–Crippen MR) is 82.4 cm³/mol. The van der Waals surface area contributed by atoms with Crippen molar-refractivity contribution in [3.8, 4) is 0 Å². The summed E-state index contributed by atoms with van der Waals surface area (Å²) in [5.41, 5.74) is 0. The molecule has 3 rings (SSSR count). The van der Waals surface area contributed by atoms with Gasteiger partial charge >= 0.3 is 0 Å². The lowest BCUT2D eigenvalue weighted by Crippen LogP contribution is -2.50. The van der Waals surface area contributed by atoms with Crippen LogP contribution < -0.4 is 5.32 Å². The maximum Gasteiger partial charge on any atom is 0.240 e. The number of anilines is 1. The summed E-state index contributed by atoms with van der Waals surface area (Å²) in [6.07, 6.45) is 3.88. The summed E-state index contributed by atoms with van der Waals surface area (Å²) in [7, 11) is 0. The van der Waals surface area contributed by atoms with Gasteiger partial charge in [-0.15, -0.1) is 11.3 Å². The first-order valence-electron chi connectivity index (χ1n) is 7.53. The third kappa shape index (κ3) is 4.47. The molecule has 0 bridgehead atoms. The highest BCUT2D eigenvalue weighted by Gasteiger charge is 2.31. The Kier molecular flexibility index (Phi) is 4.84. The van der Waals surface area contributed by atoms with Gasteiger partial charge in [0.05, 0.1) is 12.6 Å². The summed E-state index contributed by atoms with van der Waals surface area (Å²) in [6, 6.07) is 0. The molecule has 0 aromatic carbocycles. The van der Waals surface area contributed by atoms with Crippen LogP contribution in [0.5, 0.6) is 0 Å². The fourth-order valence-corrected chi connectivity index (χ4v) is 3.22. The first kappa shape index (κ1) is 14.9. The Morgan fingerprint density at radius 2 is 2.10 bits per heavy atom. The number of β-amino-alcohol motifs (C(OH)–C–C–N with tert-alkyl or cyclic N) is 1. The predicted octanol–water partition coefficient (Wildman–Crippen LogP) is 0.470. The van der Waals surface area contributed by atoms with Gasteiger partial charge in [-0.05, 0) is 18.8 Å². The molecule has 1 atom stereocenters. The highest BCUT2D eigenvalue weighted by Crippen LogP contribution is 2.32. The van der Waals surface area contributed by atoms with E-state index in [-0.39, 0.29) is 12.0 Å². The number of hydrogen-bond acceptors (Lipinski definition) is 6. The van der Waals surface area contributed by atoms with E-state index in [1.165, 1.54) is 24.2 Å². The molecule has 1 saturated carbocycles. The van der Waals surface area contributed by atoms with Crippen LogP contribution in [0.4, 0.5) is 5.13 Å². The molecule has 2 N–H and O–H groups in total. The number of aliphatic hydroxyl groups is 1. The Balaban J connectivity index is 1.36. The third-order valence-corrected chi connectivity index (χ3v) is 4.81. The Morgan fingerprint density at radius 1 is 1.38 bits per heavy atom. The zero-order valence-corrected chi connectivity index (χ0v) is 12.9. The average molecular weight is 310 g/mol. The normalized spacial score (nSPS) is 22.1. The van der Waals surface area contributed by atoms with Crippen LogP contribution in [0.3, 0.4) is 0 Å². The van der Waals surface area contributed by atoms with Gasteiger partial charge in [0, 0.05) is 44.3 Å². The van der Waals surface area contributed by atoms with Gasteiger partial charge in [-0.1, -0.05) is 0 Å². The fraction of sp³-hybridized carbons (Fsp3) is 0.714. The summed E-state index contributed by atoms with van der Waals surface area (Å²) >= 11 is 1.43. The maximum absolute atomic E-state index is 11.9. The number of aliphatic hydroxyl groups excluding tert-OH is 1. The van der Waals surface area contributed by atoms with Crippen molar-refractivity contribution in [2.75, 3.05) is 44.6 Å². The van der Waals surface area contributed by atoms with Gasteiger partial charge < -0.3 is 10.4 Å². The SMILES string of the molecule is O=C(CN1CCN(C[C@H](O)C2CC2)CC1)Nc1nccs1. The number of amides is 1. The molecule has 0 radical (unpaired) electrons. The first-order valence-corrected chi connectivity index (χ1v) is 8.41. The standard InChI is InChI=1S/C14H22N4O2S/c19-12(11-1-2-11)9-17-4-6-18(7-5-17)10-13(20)16-14-15-3-8-21-14/h3,8,11-12,19H,1-2,4-7,9-10H2,(H,15,16,20)/t12-/m0/s1. The fourth-order valence-electron chi connectivity index (χ4n) is 2.67. The molecule has 0 spiro atoms. The van der Waals surface area contributed by atoms with E-state index < -0.39 is 0 Å². The van der Waals surface area contributed by atoms with Crippen LogP contribution in [0.15, 0.2) is 11.6 Å². The lowest BCUT2D eigenvalue weighted by molar-refractivity contribution is -0.117. The Labute approximate surface area is 128 Å². The highest BCUT2D eigenvalue weighted by molar-refractivity contribution is 7.13. The van der Waals surface area contributed by atoms with Gasteiger partial charge in [-0.3, -0.25) is 14.6 Å². The van der Waals surface area contributed by atoms with Gasteiger partial charge in [0.25, 0.3) is 0 Å². The third-order valence-electron chi connectivity index (χ3n) is 4.12. The minimum atomic E-state index is -0.162. The largest absolute Gasteiger partial charge is 0.392 e. The molecule has 1 saturated heterocycles. The van der Waals surface area contributed by atoms with Crippen molar-refractivity contribution in [3.63, 3.8) is 0 Å². The monoisotopic (exact) mass is 310 g/mol. The number of piperazine rings is 1. The molecule has 1 aliphatic heterocycles. The lowest BCUT2D eigenvalue weighted by Gasteiger charge is -2.35. The van der Waals surface area contributed by atoms with Gasteiger partial charge in [0.2, 0.25) is 5.91 Å².